The number of carbonyl (C=O) groups excluding carboxylic acids is 4. The highest BCUT2D eigenvalue weighted by molar-refractivity contribution is 6.00. The summed E-state index contributed by atoms with van der Waals surface area (Å²) in [6.07, 6.45) is -1.50. The van der Waals surface area contributed by atoms with Gasteiger partial charge in [0.15, 0.2) is 0 Å². The second-order valence-corrected chi connectivity index (χ2v) is 10.5. The first-order valence-electron chi connectivity index (χ1n) is 12.5. The lowest BCUT2D eigenvalue weighted by molar-refractivity contribution is -0.141. The van der Waals surface area contributed by atoms with Crippen LogP contribution in [0.15, 0.2) is 36.4 Å². The van der Waals surface area contributed by atoms with Crippen LogP contribution < -0.4 is 16.4 Å². The third-order valence-corrected chi connectivity index (χ3v) is 6.05. The van der Waals surface area contributed by atoms with Gasteiger partial charge in [-0.05, 0) is 76.3 Å². The van der Waals surface area contributed by atoms with Gasteiger partial charge in [0.2, 0.25) is 11.8 Å². The van der Waals surface area contributed by atoms with E-state index in [-0.39, 0.29) is 0 Å². The van der Waals surface area contributed by atoms with Crippen molar-refractivity contribution < 1.29 is 23.9 Å². The molecule has 208 valence electrons. The van der Waals surface area contributed by atoms with Crippen LogP contribution in [0.2, 0.25) is 0 Å². The molecule has 0 saturated carbocycles. The predicted octanol–water partition coefficient (Wildman–Crippen LogP) is 3.72. The molecule has 4 N–H and O–H groups in total. The van der Waals surface area contributed by atoms with E-state index in [1.807, 2.05) is 58.0 Å². The summed E-state index contributed by atoms with van der Waals surface area (Å²) in [4.78, 5) is 53.1. The van der Waals surface area contributed by atoms with Gasteiger partial charge in [-0.15, -0.1) is 0 Å². The molecule has 0 aromatic heterocycles. The Hall–Kier alpha value is -4.39. The van der Waals surface area contributed by atoms with E-state index in [2.05, 4.69) is 10.6 Å². The SMILES string of the molecule is Cc1ccc(C(C(=O)Nc2c(C)cccc2C)N(CC#N)C(=O)C(CC(N)=O)NC(=O)OC(C)(C)C)cc1C. The van der Waals surface area contributed by atoms with Crippen LogP contribution in [0.4, 0.5) is 10.5 Å². The summed E-state index contributed by atoms with van der Waals surface area (Å²) in [5.74, 6) is -2.25. The van der Waals surface area contributed by atoms with Crippen LogP contribution in [0, 0.1) is 39.0 Å². The van der Waals surface area contributed by atoms with Crippen molar-refractivity contribution in [1.82, 2.24) is 10.2 Å². The number of ether oxygens (including phenoxy) is 1. The number of amides is 4. The van der Waals surface area contributed by atoms with Crippen molar-refractivity contribution in [3.05, 3.63) is 64.2 Å². The van der Waals surface area contributed by atoms with E-state index in [0.29, 0.717) is 11.3 Å². The highest BCUT2D eigenvalue weighted by Gasteiger charge is 2.37. The van der Waals surface area contributed by atoms with Crippen LogP contribution in [-0.2, 0) is 19.1 Å². The molecule has 2 unspecified atom stereocenters. The number of carbonyl (C=O) groups is 4. The van der Waals surface area contributed by atoms with Gasteiger partial charge in [0.1, 0.15) is 24.2 Å². The maximum absolute atomic E-state index is 13.9. The average molecular weight is 536 g/mol. The number of hydrogen-bond donors (Lipinski definition) is 3. The van der Waals surface area contributed by atoms with Crippen molar-refractivity contribution in [2.45, 2.75) is 72.6 Å². The quantitative estimate of drug-likeness (QED) is 0.416. The van der Waals surface area contributed by atoms with Gasteiger partial charge >= 0.3 is 6.09 Å². The lowest BCUT2D eigenvalue weighted by Crippen LogP contribution is -2.53. The molecule has 10 nitrogen and oxygen atoms in total. The van der Waals surface area contributed by atoms with E-state index in [1.54, 1.807) is 32.9 Å². The van der Waals surface area contributed by atoms with Crippen molar-refractivity contribution in [3.63, 3.8) is 0 Å². The number of primary amides is 1. The van der Waals surface area contributed by atoms with Gasteiger partial charge in [-0.2, -0.15) is 5.26 Å². The number of nitrogens with two attached hydrogens (primary N) is 1. The molecule has 2 aromatic rings. The molecular formula is C29H37N5O5. The molecule has 2 aromatic carbocycles. The van der Waals surface area contributed by atoms with Crippen molar-refractivity contribution in [2.75, 3.05) is 11.9 Å². The highest BCUT2D eigenvalue weighted by atomic mass is 16.6. The Balaban J connectivity index is 2.60. The summed E-state index contributed by atoms with van der Waals surface area (Å²) in [5, 5.41) is 15.0. The Bertz CT molecular complexity index is 1270. The first-order chi connectivity index (χ1) is 18.1. The van der Waals surface area contributed by atoms with Crippen LogP contribution in [0.25, 0.3) is 0 Å². The Kier molecular flexibility index (Phi) is 10.2. The Morgan fingerprint density at radius 1 is 1.00 bits per heavy atom. The van der Waals surface area contributed by atoms with Crippen molar-refractivity contribution in [1.29, 1.82) is 5.26 Å². The van der Waals surface area contributed by atoms with Crippen LogP contribution >= 0.6 is 0 Å². The molecule has 0 heterocycles. The fraction of sp³-hybridized carbons (Fsp3) is 0.414. The maximum Gasteiger partial charge on any atom is 0.408 e. The molecule has 39 heavy (non-hydrogen) atoms. The maximum atomic E-state index is 13.9. The second-order valence-electron chi connectivity index (χ2n) is 10.5. The second kappa shape index (κ2) is 12.9. The molecule has 4 amide bonds. The summed E-state index contributed by atoms with van der Waals surface area (Å²) in [7, 11) is 0. The number of aryl methyl sites for hydroxylation is 4. The van der Waals surface area contributed by atoms with Crippen molar-refractivity contribution in [3.8, 4) is 6.07 Å². The number of rotatable bonds is 9. The Labute approximate surface area is 229 Å². The molecule has 2 rings (SSSR count). The smallest absolute Gasteiger partial charge is 0.408 e. The topological polar surface area (TPSA) is 155 Å². The molecule has 0 fully saturated rings. The highest BCUT2D eigenvalue weighted by Crippen LogP contribution is 2.28. The number of alkyl carbamates (subject to hydrolysis) is 1. The van der Waals surface area contributed by atoms with E-state index < -0.39 is 54.5 Å². The minimum Gasteiger partial charge on any atom is -0.444 e. The molecule has 10 heteroatoms. The van der Waals surface area contributed by atoms with E-state index >= 15 is 0 Å². The molecule has 0 aliphatic carbocycles. The Morgan fingerprint density at radius 2 is 1.62 bits per heavy atom. The number of hydrogen-bond acceptors (Lipinski definition) is 6. The summed E-state index contributed by atoms with van der Waals surface area (Å²) < 4.78 is 5.25. The van der Waals surface area contributed by atoms with Gasteiger partial charge in [0.05, 0.1) is 12.5 Å². The van der Waals surface area contributed by atoms with Crippen LogP contribution in [0.1, 0.15) is 61.1 Å². The lowest BCUT2D eigenvalue weighted by atomic mass is 9.97. The monoisotopic (exact) mass is 535 g/mol. The molecule has 2 atom stereocenters. The third-order valence-electron chi connectivity index (χ3n) is 6.05. The number of anilines is 1. The molecule has 0 saturated heterocycles. The minimum absolute atomic E-state index is 0.459. The van der Waals surface area contributed by atoms with Crippen molar-refractivity contribution in [2.24, 2.45) is 5.73 Å². The first kappa shape index (κ1) is 30.8. The fourth-order valence-electron chi connectivity index (χ4n) is 4.03. The van der Waals surface area contributed by atoms with Gasteiger partial charge in [-0.25, -0.2) is 4.79 Å². The number of benzene rings is 2. The zero-order valence-corrected chi connectivity index (χ0v) is 23.5. The van der Waals surface area contributed by atoms with E-state index in [0.717, 1.165) is 27.2 Å². The lowest BCUT2D eigenvalue weighted by Gasteiger charge is -2.33. The Morgan fingerprint density at radius 3 is 2.13 bits per heavy atom. The van der Waals surface area contributed by atoms with Gasteiger partial charge < -0.3 is 26.0 Å². The standard InChI is InChI=1S/C29H37N5O5/c1-17-11-12-21(15-20(17)4)25(26(36)33-24-18(2)9-8-10-19(24)3)34(14-13-30)27(37)22(16-23(31)35)32-28(38)39-29(5,6)7/h8-12,15,22,25H,14,16H2,1-7H3,(H2,31,35)(H,32,38)(H,33,36). The van der Waals surface area contributed by atoms with Crippen LogP contribution in [-0.4, -0.2) is 46.9 Å². The first-order valence-corrected chi connectivity index (χ1v) is 12.5. The molecule has 0 aliphatic heterocycles. The molecule has 0 radical (unpaired) electrons. The minimum atomic E-state index is -1.47. The molecular weight excluding hydrogens is 498 g/mol. The average Bonchev–Trinajstić information content (AvgIpc) is 2.81. The summed E-state index contributed by atoms with van der Waals surface area (Å²) >= 11 is 0. The summed E-state index contributed by atoms with van der Waals surface area (Å²) in [5.41, 5.74) is 9.04. The summed E-state index contributed by atoms with van der Waals surface area (Å²) in [6.45, 7) is 11.9. The van der Waals surface area contributed by atoms with Gasteiger partial charge in [-0.3, -0.25) is 14.4 Å². The number of nitriles is 1. The van der Waals surface area contributed by atoms with Crippen molar-refractivity contribution >= 4 is 29.5 Å². The molecule has 0 bridgehead atoms. The molecule has 0 aliphatic rings. The van der Waals surface area contributed by atoms with E-state index in [9.17, 15) is 24.4 Å². The third kappa shape index (κ3) is 8.57. The predicted molar refractivity (Wildman–Crippen MR) is 147 cm³/mol. The largest absolute Gasteiger partial charge is 0.444 e. The number of nitrogens with one attached hydrogen (secondary N) is 2. The van der Waals surface area contributed by atoms with E-state index in [1.165, 1.54) is 0 Å². The number of nitrogens with zero attached hydrogens (tertiary/aromatic N) is 2. The van der Waals surface area contributed by atoms with Crippen LogP contribution in [0.3, 0.4) is 0 Å². The van der Waals surface area contributed by atoms with Crippen LogP contribution in [0.5, 0.6) is 0 Å². The van der Waals surface area contributed by atoms with Gasteiger partial charge in [-0.1, -0.05) is 36.4 Å². The van der Waals surface area contributed by atoms with Gasteiger partial charge in [0.25, 0.3) is 5.91 Å². The molecule has 0 spiro atoms. The van der Waals surface area contributed by atoms with E-state index in [4.69, 9.17) is 10.5 Å². The number of para-hydroxylation sites is 1. The fourth-order valence-corrected chi connectivity index (χ4v) is 4.03. The van der Waals surface area contributed by atoms with Gasteiger partial charge in [0, 0.05) is 5.69 Å². The summed E-state index contributed by atoms with van der Waals surface area (Å²) in [6, 6.07) is 10.1. The zero-order valence-electron chi connectivity index (χ0n) is 23.5. The normalized spacial score (nSPS) is 12.5. The zero-order chi connectivity index (χ0) is 29.5.